The zero-order chi connectivity index (χ0) is 32.4. The van der Waals surface area contributed by atoms with E-state index in [1.54, 1.807) is 18.1 Å². The number of nitrogens with zero attached hydrogens (tertiary/aromatic N) is 9. The second-order valence-corrected chi connectivity index (χ2v) is 12.0. The second kappa shape index (κ2) is 11.1. The third-order valence-corrected chi connectivity index (χ3v) is 9.00. The van der Waals surface area contributed by atoms with Crippen molar-refractivity contribution in [2.24, 2.45) is 0 Å². The third-order valence-electron chi connectivity index (χ3n) is 9.00. The van der Waals surface area contributed by atoms with E-state index in [9.17, 15) is 18.0 Å². The number of rotatable bonds is 2. The van der Waals surface area contributed by atoms with Crippen LogP contribution in [-0.2, 0) is 11.3 Å². The Balaban J connectivity index is 1.20. The molecule has 1 fully saturated rings. The Morgan fingerprint density at radius 1 is 0.979 bits per heavy atom. The van der Waals surface area contributed by atoms with Crippen molar-refractivity contribution in [2.45, 2.75) is 38.4 Å². The number of nitrogens with one attached hydrogen (secondary N) is 1. The number of amides is 1. The minimum absolute atomic E-state index is 0.0488. The van der Waals surface area contributed by atoms with Crippen LogP contribution in [0.2, 0.25) is 0 Å². The first-order valence-electron chi connectivity index (χ1n) is 15.3. The van der Waals surface area contributed by atoms with Crippen LogP contribution in [0.5, 0.6) is 0 Å². The van der Waals surface area contributed by atoms with Crippen LogP contribution in [0.4, 0.5) is 24.8 Å². The number of benzene rings is 2. The lowest BCUT2D eigenvalue weighted by Crippen LogP contribution is -2.42. The van der Waals surface area contributed by atoms with E-state index < -0.39 is 17.5 Å². The van der Waals surface area contributed by atoms with Gasteiger partial charge in [0.05, 0.1) is 34.4 Å². The van der Waals surface area contributed by atoms with Crippen molar-refractivity contribution >= 4 is 39.6 Å². The van der Waals surface area contributed by atoms with Crippen molar-refractivity contribution in [2.75, 3.05) is 30.4 Å². The first-order valence-corrected chi connectivity index (χ1v) is 15.3. The fraction of sp³-hybridized carbons (Fsp3) is 0.273. The SMILES string of the molecule is Cc1nc2cc(F)cc3c2n1CCC(=O)N(C)C[C@@H]1C[C@@H](CN1c1ncnc2c1cnn2-c1ccc(F)cc1F)Nc1cccc-3n1. The number of pyridine rings is 1. The number of carbonyl (C=O) groups excluding carboxylic acids is 1. The summed E-state index contributed by atoms with van der Waals surface area (Å²) in [6.45, 7) is 3.14. The molecule has 8 rings (SSSR count). The number of aromatic nitrogens is 7. The highest BCUT2D eigenvalue weighted by Crippen LogP contribution is 2.34. The average molecular weight is 639 g/mol. The number of likely N-dealkylation sites (N-methyl/N-ethyl adjacent to an activating group) is 1. The Bertz CT molecular complexity index is 2200. The molecule has 4 bridgehead atoms. The Kier molecular flexibility index (Phi) is 6.81. The molecular weight excluding hydrogens is 609 g/mol. The maximum absolute atomic E-state index is 14.8. The van der Waals surface area contributed by atoms with Crippen molar-refractivity contribution in [3.8, 4) is 16.9 Å². The molecule has 0 saturated carbocycles. The lowest BCUT2D eigenvalue weighted by molar-refractivity contribution is -0.130. The molecule has 6 aromatic rings. The monoisotopic (exact) mass is 638 g/mol. The highest BCUT2D eigenvalue weighted by Gasteiger charge is 2.36. The van der Waals surface area contributed by atoms with Crippen LogP contribution in [0.1, 0.15) is 18.7 Å². The van der Waals surface area contributed by atoms with Gasteiger partial charge in [-0.05, 0) is 43.7 Å². The molecule has 2 atom stereocenters. The van der Waals surface area contributed by atoms with Crippen LogP contribution in [0, 0.1) is 24.4 Å². The van der Waals surface area contributed by atoms with Crippen LogP contribution in [0.25, 0.3) is 39.0 Å². The van der Waals surface area contributed by atoms with E-state index in [1.807, 2.05) is 29.7 Å². The number of hydrogen-bond acceptors (Lipinski definition) is 8. The molecule has 0 unspecified atom stereocenters. The molecule has 4 aromatic heterocycles. The van der Waals surface area contributed by atoms with Gasteiger partial charge in [0.2, 0.25) is 5.91 Å². The van der Waals surface area contributed by atoms with Gasteiger partial charge >= 0.3 is 0 Å². The summed E-state index contributed by atoms with van der Waals surface area (Å²) in [4.78, 5) is 35.9. The predicted molar refractivity (Wildman–Crippen MR) is 170 cm³/mol. The topological polar surface area (TPSA) is 110 Å². The van der Waals surface area contributed by atoms with Crippen molar-refractivity contribution in [1.82, 2.24) is 39.2 Å². The minimum Gasteiger partial charge on any atom is -0.365 e. The molecule has 0 radical (unpaired) electrons. The van der Waals surface area contributed by atoms with Crippen LogP contribution >= 0.6 is 0 Å². The van der Waals surface area contributed by atoms with E-state index in [-0.39, 0.29) is 30.1 Å². The first kappa shape index (κ1) is 28.9. The van der Waals surface area contributed by atoms with Gasteiger partial charge in [0.1, 0.15) is 41.1 Å². The van der Waals surface area contributed by atoms with Gasteiger partial charge in [-0.1, -0.05) is 6.07 Å². The van der Waals surface area contributed by atoms with Crippen LogP contribution < -0.4 is 10.2 Å². The van der Waals surface area contributed by atoms with Gasteiger partial charge in [0, 0.05) is 56.8 Å². The molecule has 2 aliphatic heterocycles. The van der Waals surface area contributed by atoms with Crippen molar-refractivity contribution in [1.29, 1.82) is 0 Å². The van der Waals surface area contributed by atoms with Gasteiger partial charge < -0.3 is 19.7 Å². The average Bonchev–Trinajstić information content (AvgIpc) is 3.73. The van der Waals surface area contributed by atoms with E-state index in [1.165, 1.54) is 35.3 Å². The lowest BCUT2D eigenvalue weighted by Gasteiger charge is -2.29. The molecule has 6 heterocycles. The largest absolute Gasteiger partial charge is 0.365 e. The second-order valence-electron chi connectivity index (χ2n) is 12.0. The van der Waals surface area contributed by atoms with Crippen molar-refractivity contribution in [3.05, 3.63) is 84.3 Å². The Morgan fingerprint density at radius 2 is 1.85 bits per heavy atom. The van der Waals surface area contributed by atoms with Crippen LogP contribution in [-0.4, -0.2) is 77.3 Å². The molecule has 14 heteroatoms. The van der Waals surface area contributed by atoms with Gasteiger partial charge in [-0.3, -0.25) is 4.79 Å². The fourth-order valence-corrected chi connectivity index (χ4v) is 6.85. The summed E-state index contributed by atoms with van der Waals surface area (Å²) >= 11 is 0. The maximum Gasteiger partial charge on any atom is 0.224 e. The number of fused-ring (bicyclic) bond motifs is 6. The molecule has 0 spiro atoms. The van der Waals surface area contributed by atoms with E-state index in [0.29, 0.717) is 71.3 Å². The zero-order valence-corrected chi connectivity index (χ0v) is 25.5. The third kappa shape index (κ3) is 5.00. The predicted octanol–water partition coefficient (Wildman–Crippen LogP) is 4.87. The van der Waals surface area contributed by atoms with Gasteiger partial charge in [-0.15, -0.1) is 0 Å². The maximum atomic E-state index is 14.8. The molecule has 1 N–H and O–H groups in total. The summed E-state index contributed by atoms with van der Waals surface area (Å²) < 4.78 is 46.5. The van der Waals surface area contributed by atoms with Gasteiger partial charge in [-0.25, -0.2) is 37.8 Å². The van der Waals surface area contributed by atoms with E-state index in [4.69, 9.17) is 4.98 Å². The summed E-state index contributed by atoms with van der Waals surface area (Å²) in [5, 5.41) is 8.52. The summed E-state index contributed by atoms with van der Waals surface area (Å²) in [7, 11) is 1.79. The molecule has 47 heavy (non-hydrogen) atoms. The quantitative estimate of drug-likeness (QED) is 0.286. The molecule has 238 valence electrons. The molecular formula is C33H29F3N10O. The lowest BCUT2D eigenvalue weighted by atomic mass is 10.1. The minimum atomic E-state index is -0.765. The summed E-state index contributed by atoms with van der Waals surface area (Å²) in [6, 6.07) is 11.5. The zero-order valence-electron chi connectivity index (χ0n) is 25.5. The summed E-state index contributed by atoms with van der Waals surface area (Å²) in [6.07, 6.45) is 3.84. The van der Waals surface area contributed by atoms with Crippen LogP contribution in [0.3, 0.4) is 0 Å². The highest BCUT2D eigenvalue weighted by molar-refractivity contribution is 5.92. The van der Waals surface area contributed by atoms with Gasteiger partial charge in [0.25, 0.3) is 0 Å². The molecule has 11 nitrogen and oxygen atoms in total. The Morgan fingerprint density at radius 3 is 2.70 bits per heavy atom. The number of aryl methyl sites for hydroxylation is 2. The van der Waals surface area contributed by atoms with Crippen molar-refractivity contribution < 1.29 is 18.0 Å². The molecule has 0 aliphatic carbocycles. The number of imidazole rings is 1. The van der Waals surface area contributed by atoms with E-state index in [2.05, 4.69) is 30.3 Å². The molecule has 1 amide bonds. The van der Waals surface area contributed by atoms with Gasteiger partial charge in [0.15, 0.2) is 11.5 Å². The molecule has 2 aliphatic rings. The molecule has 2 aromatic carbocycles. The van der Waals surface area contributed by atoms with Gasteiger partial charge in [-0.2, -0.15) is 5.10 Å². The normalized spacial score (nSPS) is 18.4. The van der Waals surface area contributed by atoms with Crippen molar-refractivity contribution in [3.63, 3.8) is 0 Å². The number of anilines is 2. The Labute approximate surface area is 266 Å². The number of carbonyl (C=O) groups is 1. The van der Waals surface area contributed by atoms with E-state index >= 15 is 0 Å². The fourth-order valence-electron chi connectivity index (χ4n) is 6.85. The first-order chi connectivity index (χ1) is 22.7. The Hall–Kier alpha value is -5.53. The van der Waals surface area contributed by atoms with Crippen LogP contribution in [0.15, 0.2) is 61.1 Å². The molecule has 1 saturated heterocycles. The standard InChI is InChI=1S/C33H29F3N10O/c1-18-40-27-12-20(35)10-23-26-4-3-5-29(42-26)41-21-13-22(16-43(2)30(47)8-9-44(18)31(23)27)45(15-21)32-24-14-39-46(33(24)38-17-37-32)28-7-6-19(34)11-25(28)36/h3-7,10-12,14,17,21-22H,8-9,13,15-16H2,1-2H3,(H,41,42)/t21-,22-/m0/s1. The number of hydrogen-bond donors (Lipinski definition) is 1. The van der Waals surface area contributed by atoms with E-state index in [0.717, 1.165) is 11.6 Å². The summed E-state index contributed by atoms with van der Waals surface area (Å²) in [5.74, 6) is -0.0266. The highest BCUT2D eigenvalue weighted by atomic mass is 19.1. The summed E-state index contributed by atoms with van der Waals surface area (Å²) in [5.41, 5.74) is 2.87. The number of halogens is 3. The smallest absolute Gasteiger partial charge is 0.224 e.